The topological polar surface area (TPSA) is 38.6 Å². The summed E-state index contributed by atoms with van der Waals surface area (Å²) in [6.07, 6.45) is -2.33. The van der Waals surface area contributed by atoms with Gasteiger partial charge in [-0.05, 0) is 6.92 Å². The van der Waals surface area contributed by atoms with Crippen LogP contribution < -0.4 is 5.32 Å². The molecule has 4 nitrogen and oxygen atoms in total. The number of ether oxygens (including phenoxy) is 1. The molecular weight excluding hydrogens is 279 g/mol. The standard InChI is InChI=1S/C11H14F3N3OS/c1-8-9(17-3-5-19-10(17)16-8)6-15-2-4-18-7-11(12,13)14/h3,5,15H,2,4,6-7H2,1H3. The van der Waals surface area contributed by atoms with Crippen molar-refractivity contribution in [3.05, 3.63) is 23.0 Å². The Bertz CT molecular complexity index is 535. The molecule has 0 aliphatic carbocycles. The van der Waals surface area contributed by atoms with E-state index in [1.54, 1.807) is 11.3 Å². The zero-order valence-electron chi connectivity index (χ0n) is 10.3. The van der Waals surface area contributed by atoms with Crippen LogP contribution in [0.1, 0.15) is 11.4 Å². The van der Waals surface area contributed by atoms with Gasteiger partial charge in [0.15, 0.2) is 4.96 Å². The van der Waals surface area contributed by atoms with E-state index in [-0.39, 0.29) is 6.61 Å². The van der Waals surface area contributed by atoms with E-state index in [1.165, 1.54) is 0 Å². The van der Waals surface area contributed by atoms with Gasteiger partial charge in [0.25, 0.3) is 0 Å². The lowest BCUT2D eigenvalue weighted by Gasteiger charge is -2.08. The van der Waals surface area contributed by atoms with Crippen LogP contribution in [0.5, 0.6) is 0 Å². The third-order valence-electron chi connectivity index (χ3n) is 2.54. The number of aromatic nitrogens is 2. The molecule has 19 heavy (non-hydrogen) atoms. The van der Waals surface area contributed by atoms with Gasteiger partial charge in [-0.15, -0.1) is 11.3 Å². The van der Waals surface area contributed by atoms with Gasteiger partial charge in [-0.2, -0.15) is 13.2 Å². The summed E-state index contributed by atoms with van der Waals surface area (Å²) in [6.45, 7) is 1.67. The Labute approximate surface area is 112 Å². The van der Waals surface area contributed by atoms with Crippen molar-refractivity contribution in [2.75, 3.05) is 19.8 Å². The maximum absolute atomic E-state index is 11.8. The normalized spacial score (nSPS) is 12.4. The first-order valence-electron chi connectivity index (χ1n) is 5.73. The van der Waals surface area contributed by atoms with Gasteiger partial charge in [-0.25, -0.2) is 4.98 Å². The molecule has 0 aliphatic heterocycles. The van der Waals surface area contributed by atoms with Gasteiger partial charge in [0.2, 0.25) is 0 Å². The summed E-state index contributed by atoms with van der Waals surface area (Å²) < 4.78 is 42.0. The number of hydrogen-bond acceptors (Lipinski definition) is 4. The molecule has 0 atom stereocenters. The van der Waals surface area contributed by atoms with Crippen molar-refractivity contribution in [2.24, 2.45) is 0 Å². The third-order valence-corrected chi connectivity index (χ3v) is 3.30. The molecule has 0 bridgehead atoms. The molecule has 0 amide bonds. The van der Waals surface area contributed by atoms with Gasteiger partial charge in [0, 0.05) is 24.7 Å². The van der Waals surface area contributed by atoms with Crippen LogP contribution in [-0.4, -0.2) is 35.3 Å². The van der Waals surface area contributed by atoms with Gasteiger partial charge in [-0.3, -0.25) is 4.40 Å². The third kappa shape index (κ3) is 3.92. The first-order chi connectivity index (χ1) is 8.97. The highest BCUT2D eigenvalue weighted by atomic mass is 32.1. The largest absolute Gasteiger partial charge is 0.411 e. The highest BCUT2D eigenvalue weighted by Gasteiger charge is 2.27. The summed E-state index contributed by atoms with van der Waals surface area (Å²) in [6, 6.07) is 0. The lowest BCUT2D eigenvalue weighted by molar-refractivity contribution is -0.173. The van der Waals surface area contributed by atoms with Crippen LogP contribution in [0, 0.1) is 6.92 Å². The van der Waals surface area contributed by atoms with E-state index < -0.39 is 12.8 Å². The minimum absolute atomic E-state index is 0.0319. The Morgan fingerprint density at radius 1 is 1.47 bits per heavy atom. The molecule has 2 heterocycles. The van der Waals surface area contributed by atoms with E-state index in [1.807, 2.05) is 22.9 Å². The van der Waals surface area contributed by atoms with Crippen molar-refractivity contribution >= 4 is 16.3 Å². The fourth-order valence-electron chi connectivity index (χ4n) is 1.69. The van der Waals surface area contributed by atoms with E-state index in [0.717, 1.165) is 16.3 Å². The molecule has 0 aliphatic rings. The molecule has 0 fully saturated rings. The number of imidazole rings is 1. The molecular formula is C11H14F3N3OS. The predicted octanol–water partition coefficient (Wildman–Crippen LogP) is 2.37. The summed E-state index contributed by atoms with van der Waals surface area (Å²) >= 11 is 1.55. The second kappa shape index (κ2) is 5.89. The van der Waals surface area contributed by atoms with Gasteiger partial charge in [0.1, 0.15) is 6.61 Å². The second-order valence-electron chi connectivity index (χ2n) is 4.04. The van der Waals surface area contributed by atoms with Crippen molar-refractivity contribution in [3.63, 3.8) is 0 Å². The maximum Gasteiger partial charge on any atom is 0.411 e. The fourth-order valence-corrected chi connectivity index (χ4v) is 2.47. The molecule has 0 radical (unpaired) electrons. The number of thiazole rings is 1. The van der Waals surface area contributed by atoms with Gasteiger partial charge in [0.05, 0.1) is 18.0 Å². The van der Waals surface area contributed by atoms with Crippen LogP contribution in [0.25, 0.3) is 4.96 Å². The SMILES string of the molecule is Cc1nc2sccn2c1CNCCOCC(F)(F)F. The van der Waals surface area contributed by atoms with Crippen molar-refractivity contribution in [3.8, 4) is 0 Å². The number of alkyl halides is 3. The van der Waals surface area contributed by atoms with E-state index in [0.29, 0.717) is 13.1 Å². The Hall–Kier alpha value is -1.12. The zero-order valence-corrected chi connectivity index (χ0v) is 11.1. The summed E-state index contributed by atoms with van der Waals surface area (Å²) in [4.78, 5) is 5.30. The van der Waals surface area contributed by atoms with E-state index in [2.05, 4.69) is 15.0 Å². The first kappa shape index (κ1) is 14.3. The van der Waals surface area contributed by atoms with Gasteiger partial charge >= 0.3 is 6.18 Å². The Morgan fingerprint density at radius 2 is 2.26 bits per heavy atom. The highest BCUT2D eigenvalue weighted by Crippen LogP contribution is 2.16. The van der Waals surface area contributed by atoms with Crippen LogP contribution >= 0.6 is 11.3 Å². The number of hydrogen-bond donors (Lipinski definition) is 1. The smallest absolute Gasteiger partial charge is 0.371 e. The molecule has 1 N–H and O–H groups in total. The molecule has 0 spiro atoms. The van der Waals surface area contributed by atoms with Gasteiger partial charge in [-0.1, -0.05) is 0 Å². The summed E-state index contributed by atoms with van der Waals surface area (Å²) in [5.41, 5.74) is 1.95. The Kier molecular flexibility index (Phi) is 4.43. The molecule has 0 saturated heterocycles. The van der Waals surface area contributed by atoms with Crippen molar-refractivity contribution < 1.29 is 17.9 Å². The van der Waals surface area contributed by atoms with Crippen molar-refractivity contribution in [1.82, 2.24) is 14.7 Å². The maximum atomic E-state index is 11.8. The number of fused-ring (bicyclic) bond motifs is 1. The van der Waals surface area contributed by atoms with E-state index in [9.17, 15) is 13.2 Å². The Balaban J connectivity index is 1.74. The number of rotatable bonds is 6. The predicted molar refractivity (Wildman–Crippen MR) is 66.4 cm³/mol. The lowest BCUT2D eigenvalue weighted by Crippen LogP contribution is -2.24. The monoisotopic (exact) mass is 293 g/mol. The molecule has 2 aromatic rings. The molecule has 0 saturated carbocycles. The minimum Gasteiger partial charge on any atom is -0.371 e. The van der Waals surface area contributed by atoms with E-state index in [4.69, 9.17) is 0 Å². The number of halogens is 3. The average molecular weight is 293 g/mol. The summed E-state index contributed by atoms with van der Waals surface area (Å²) in [5.74, 6) is 0. The van der Waals surface area contributed by atoms with Crippen LogP contribution in [-0.2, 0) is 11.3 Å². The van der Waals surface area contributed by atoms with Crippen LogP contribution in [0.15, 0.2) is 11.6 Å². The Morgan fingerprint density at radius 3 is 3.00 bits per heavy atom. The summed E-state index contributed by atoms with van der Waals surface area (Å²) in [5, 5.41) is 4.99. The second-order valence-corrected chi connectivity index (χ2v) is 4.92. The zero-order chi connectivity index (χ0) is 13.9. The first-order valence-corrected chi connectivity index (χ1v) is 6.61. The molecule has 0 unspecified atom stereocenters. The molecule has 8 heteroatoms. The number of aryl methyl sites for hydroxylation is 1. The average Bonchev–Trinajstić information content (AvgIpc) is 2.84. The molecule has 2 rings (SSSR count). The van der Waals surface area contributed by atoms with Crippen molar-refractivity contribution in [2.45, 2.75) is 19.6 Å². The van der Waals surface area contributed by atoms with Crippen LogP contribution in [0.4, 0.5) is 13.2 Å². The minimum atomic E-state index is -4.26. The van der Waals surface area contributed by atoms with Gasteiger partial charge < -0.3 is 10.1 Å². The van der Waals surface area contributed by atoms with Crippen molar-refractivity contribution in [1.29, 1.82) is 0 Å². The molecule has 0 aromatic carbocycles. The number of nitrogens with one attached hydrogen (secondary N) is 1. The van der Waals surface area contributed by atoms with E-state index >= 15 is 0 Å². The number of nitrogens with zero attached hydrogens (tertiary/aromatic N) is 2. The molecule has 106 valence electrons. The van der Waals surface area contributed by atoms with Crippen LogP contribution in [0.3, 0.4) is 0 Å². The van der Waals surface area contributed by atoms with Crippen LogP contribution in [0.2, 0.25) is 0 Å². The fraction of sp³-hybridized carbons (Fsp3) is 0.545. The highest BCUT2D eigenvalue weighted by molar-refractivity contribution is 7.15. The quantitative estimate of drug-likeness (QED) is 0.831. The summed E-state index contributed by atoms with van der Waals surface area (Å²) in [7, 11) is 0. The molecule has 2 aromatic heterocycles. The lowest BCUT2D eigenvalue weighted by atomic mass is 10.3.